The summed E-state index contributed by atoms with van der Waals surface area (Å²) in [4.78, 5) is 24.3. The van der Waals surface area contributed by atoms with Crippen molar-refractivity contribution in [1.29, 1.82) is 0 Å². The van der Waals surface area contributed by atoms with Crippen LogP contribution in [-0.2, 0) is 9.59 Å². The van der Waals surface area contributed by atoms with Crippen LogP contribution in [0.4, 0.5) is 0 Å². The minimum atomic E-state index is 0.0189. The smallest absolute Gasteiger partial charge is 0.155 e. The third-order valence-electron chi connectivity index (χ3n) is 5.67. The van der Waals surface area contributed by atoms with Gasteiger partial charge in [-0.3, -0.25) is 9.59 Å². The lowest BCUT2D eigenvalue weighted by Gasteiger charge is -2.46. The molecule has 0 saturated heterocycles. The second kappa shape index (κ2) is 3.79. The summed E-state index contributed by atoms with van der Waals surface area (Å²) in [5, 5.41) is 0. The zero-order valence-electron chi connectivity index (χ0n) is 11.5. The maximum absolute atomic E-state index is 12.6. The van der Waals surface area contributed by atoms with Crippen molar-refractivity contribution in [2.75, 3.05) is 0 Å². The molecule has 0 bridgehead atoms. The van der Waals surface area contributed by atoms with Gasteiger partial charge in [0.05, 0.1) is 0 Å². The SMILES string of the molecule is C[C@@H]1C[C@H](C)[C@H]2C(=O)[C@@H]3C=CC(=O)C[C@@H]3[C@]2(C)C1. The molecule has 0 aromatic heterocycles. The molecule has 0 unspecified atom stereocenters. The Hall–Kier alpha value is -0.920. The molecular weight excluding hydrogens is 224 g/mol. The van der Waals surface area contributed by atoms with E-state index in [1.165, 1.54) is 0 Å². The molecule has 6 atom stereocenters. The van der Waals surface area contributed by atoms with Crippen molar-refractivity contribution in [3.8, 4) is 0 Å². The highest BCUT2D eigenvalue weighted by molar-refractivity contribution is 5.97. The van der Waals surface area contributed by atoms with Crippen LogP contribution in [0.3, 0.4) is 0 Å². The lowest BCUT2D eigenvalue weighted by Crippen LogP contribution is -2.41. The van der Waals surface area contributed by atoms with Crippen LogP contribution in [0.2, 0.25) is 0 Å². The first-order valence-electron chi connectivity index (χ1n) is 7.18. The quantitative estimate of drug-likeness (QED) is 0.658. The molecule has 0 aromatic carbocycles. The van der Waals surface area contributed by atoms with E-state index in [2.05, 4.69) is 20.8 Å². The Bertz CT molecular complexity index is 436. The van der Waals surface area contributed by atoms with Gasteiger partial charge in [-0.1, -0.05) is 26.8 Å². The molecule has 0 aromatic rings. The average Bonchev–Trinajstić information content (AvgIpc) is 2.47. The molecule has 2 saturated carbocycles. The summed E-state index contributed by atoms with van der Waals surface area (Å²) in [5.74, 6) is 2.22. The Balaban J connectivity index is 2.04. The molecule has 0 aliphatic heterocycles. The summed E-state index contributed by atoms with van der Waals surface area (Å²) in [7, 11) is 0. The largest absolute Gasteiger partial charge is 0.299 e. The summed E-state index contributed by atoms with van der Waals surface area (Å²) < 4.78 is 0. The number of rotatable bonds is 0. The molecule has 2 nitrogen and oxygen atoms in total. The standard InChI is InChI=1S/C16H22O2/c1-9-6-10(2)14-15(18)12-5-4-11(17)7-13(12)16(14,3)8-9/h4-5,9-10,12-14H,6-8H2,1-3H3/t9-,10+,12-,13+,14+,16+/m1/s1. The van der Waals surface area contributed by atoms with Gasteiger partial charge in [-0.15, -0.1) is 0 Å². The van der Waals surface area contributed by atoms with E-state index in [0.29, 0.717) is 24.0 Å². The molecule has 0 spiro atoms. The number of hydrogen-bond acceptors (Lipinski definition) is 2. The van der Waals surface area contributed by atoms with Gasteiger partial charge in [0.1, 0.15) is 5.78 Å². The first kappa shape index (κ1) is 12.1. The first-order chi connectivity index (χ1) is 8.43. The maximum atomic E-state index is 12.6. The highest BCUT2D eigenvalue weighted by Gasteiger charge is 2.60. The highest BCUT2D eigenvalue weighted by atomic mass is 16.1. The molecule has 3 aliphatic rings. The zero-order chi connectivity index (χ0) is 13.1. The molecule has 0 N–H and O–H groups in total. The molecule has 3 aliphatic carbocycles. The van der Waals surface area contributed by atoms with Gasteiger partial charge in [-0.05, 0) is 42.1 Å². The summed E-state index contributed by atoms with van der Waals surface area (Å²) in [5.41, 5.74) is 0.0548. The third-order valence-corrected chi connectivity index (χ3v) is 5.67. The Morgan fingerprint density at radius 2 is 2.00 bits per heavy atom. The maximum Gasteiger partial charge on any atom is 0.155 e. The molecule has 0 heterocycles. The van der Waals surface area contributed by atoms with Crippen molar-refractivity contribution < 1.29 is 9.59 Å². The minimum Gasteiger partial charge on any atom is -0.299 e. The van der Waals surface area contributed by atoms with Crippen molar-refractivity contribution in [3.63, 3.8) is 0 Å². The van der Waals surface area contributed by atoms with E-state index in [4.69, 9.17) is 0 Å². The minimum absolute atomic E-state index is 0.0189. The number of allylic oxidation sites excluding steroid dienone is 2. The number of fused-ring (bicyclic) bond motifs is 3. The number of hydrogen-bond donors (Lipinski definition) is 0. The predicted octanol–water partition coefficient (Wildman–Crippen LogP) is 3.02. The second-order valence-electron chi connectivity index (χ2n) is 7.07. The Kier molecular flexibility index (Phi) is 2.55. The van der Waals surface area contributed by atoms with E-state index in [-0.39, 0.29) is 29.0 Å². The van der Waals surface area contributed by atoms with Gasteiger partial charge in [-0.25, -0.2) is 0 Å². The zero-order valence-corrected chi connectivity index (χ0v) is 11.5. The van der Waals surface area contributed by atoms with Crippen LogP contribution in [0.15, 0.2) is 12.2 Å². The molecule has 3 rings (SSSR count). The fraction of sp³-hybridized carbons (Fsp3) is 0.750. The molecule has 18 heavy (non-hydrogen) atoms. The topological polar surface area (TPSA) is 34.1 Å². The van der Waals surface area contributed by atoms with Crippen molar-refractivity contribution in [1.82, 2.24) is 0 Å². The van der Waals surface area contributed by atoms with Crippen molar-refractivity contribution >= 4 is 11.6 Å². The summed E-state index contributed by atoms with van der Waals surface area (Å²) in [6.45, 7) is 6.77. The van der Waals surface area contributed by atoms with Gasteiger partial charge >= 0.3 is 0 Å². The van der Waals surface area contributed by atoms with E-state index >= 15 is 0 Å². The molecule has 98 valence electrons. The van der Waals surface area contributed by atoms with Crippen LogP contribution in [-0.4, -0.2) is 11.6 Å². The van der Waals surface area contributed by atoms with E-state index in [1.807, 2.05) is 6.08 Å². The van der Waals surface area contributed by atoms with Gasteiger partial charge in [-0.2, -0.15) is 0 Å². The molecule has 0 amide bonds. The van der Waals surface area contributed by atoms with Crippen LogP contribution in [0.5, 0.6) is 0 Å². The Morgan fingerprint density at radius 3 is 2.72 bits per heavy atom. The lowest BCUT2D eigenvalue weighted by atomic mass is 9.58. The number of carbonyl (C=O) groups is 2. The van der Waals surface area contributed by atoms with Gasteiger partial charge in [0.2, 0.25) is 0 Å². The first-order valence-corrected chi connectivity index (χ1v) is 7.18. The molecule has 0 radical (unpaired) electrons. The Morgan fingerprint density at radius 1 is 1.28 bits per heavy atom. The van der Waals surface area contributed by atoms with Gasteiger partial charge in [0.25, 0.3) is 0 Å². The molecular formula is C16H22O2. The van der Waals surface area contributed by atoms with Gasteiger partial charge in [0.15, 0.2) is 5.78 Å². The van der Waals surface area contributed by atoms with E-state index in [1.54, 1.807) is 6.08 Å². The predicted molar refractivity (Wildman–Crippen MR) is 69.9 cm³/mol. The van der Waals surface area contributed by atoms with Crippen LogP contribution in [0.25, 0.3) is 0 Å². The van der Waals surface area contributed by atoms with Crippen molar-refractivity contribution in [2.24, 2.45) is 35.0 Å². The molecule has 2 fully saturated rings. The normalized spacial score (nSPS) is 51.2. The van der Waals surface area contributed by atoms with Crippen molar-refractivity contribution in [3.05, 3.63) is 12.2 Å². The summed E-state index contributed by atoms with van der Waals surface area (Å²) in [6, 6.07) is 0. The molecule has 2 heteroatoms. The van der Waals surface area contributed by atoms with Crippen LogP contribution in [0, 0.1) is 35.0 Å². The summed E-state index contributed by atoms with van der Waals surface area (Å²) >= 11 is 0. The number of Topliss-reactive ketones (excluding diaryl/α,β-unsaturated/α-hetero) is 1. The fourth-order valence-corrected chi connectivity index (χ4v) is 5.27. The van der Waals surface area contributed by atoms with Crippen LogP contribution >= 0.6 is 0 Å². The fourth-order valence-electron chi connectivity index (χ4n) is 5.27. The van der Waals surface area contributed by atoms with E-state index in [9.17, 15) is 9.59 Å². The van der Waals surface area contributed by atoms with Gasteiger partial charge < -0.3 is 0 Å². The monoisotopic (exact) mass is 246 g/mol. The average molecular weight is 246 g/mol. The summed E-state index contributed by atoms with van der Waals surface area (Å²) in [6.07, 6.45) is 6.37. The van der Waals surface area contributed by atoms with Crippen LogP contribution < -0.4 is 0 Å². The van der Waals surface area contributed by atoms with Crippen molar-refractivity contribution in [2.45, 2.75) is 40.0 Å². The second-order valence-corrected chi connectivity index (χ2v) is 7.07. The van der Waals surface area contributed by atoms with E-state index in [0.717, 1.165) is 12.8 Å². The van der Waals surface area contributed by atoms with Crippen LogP contribution in [0.1, 0.15) is 40.0 Å². The highest BCUT2D eigenvalue weighted by Crippen LogP contribution is 2.61. The van der Waals surface area contributed by atoms with E-state index < -0.39 is 0 Å². The number of ketones is 2. The lowest BCUT2D eigenvalue weighted by molar-refractivity contribution is -0.127. The third kappa shape index (κ3) is 1.47. The number of carbonyl (C=O) groups excluding carboxylic acids is 2. The van der Waals surface area contributed by atoms with Gasteiger partial charge in [0, 0.05) is 18.3 Å². The Labute approximate surface area is 109 Å².